The summed E-state index contributed by atoms with van der Waals surface area (Å²) < 4.78 is 9.58. The molecule has 1 aromatic heterocycles. The summed E-state index contributed by atoms with van der Waals surface area (Å²) in [7, 11) is 1.32. The third-order valence-electron chi connectivity index (χ3n) is 3.15. The van der Waals surface area contributed by atoms with E-state index in [1.165, 1.54) is 30.4 Å². The van der Waals surface area contributed by atoms with Crippen molar-refractivity contribution in [2.24, 2.45) is 5.41 Å². The molecule has 0 aromatic carbocycles. The molecule has 0 saturated carbocycles. The molecule has 0 unspecified atom stereocenters. The number of esters is 1. The summed E-state index contributed by atoms with van der Waals surface area (Å²) in [6.45, 7) is 5.47. The molecule has 106 valence electrons. The Morgan fingerprint density at radius 2 is 2.00 bits per heavy atom. The van der Waals surface area contributed by atoms with Crippen LogP contribution in [-0.4, -0.2) is 34.0 Å². The van der Waals surface area contributed by atoms with Crippen LogP contribution in [0.4, 0.5) is 0 Å². The first-order chi connectivity index (χ1) is 9.00. The van der Waals surface area contributed by atoms with Crippen LogP contribution >= 0.6 is 23.3 Å². The monoisotopic (exact) mass is 302 g/mol. The molecule has 19 heavy (non-hydrogen) atoms. The van der Waals surface area contributed by atoms with Gasteiger partial charge in [0, 0.05) is 0 Å². The number of hydrogen-bond donors (Lipinski definition) is 0. The fourth-order valence-electron chi connectivity index (χ4n) is 1.84. The minimum absolute atomic E-state index is 0.109. The smallest absolute Gasteiger partial charge is 0.319 e. The highest BCUT2D eigenvalue weighted by Gasteiger charge is 2.43. The van der Waals surface area contributed by atoms with E-state index in [4.69, 9.17) is 4.74 Å². The van der Waals surface area contributed by atoms with Gasteiger partial charge in [-0.2, -0.15) is 4.37 Å². The topological polar surface area (TPSA) is 69.2 Å². The first-order valence-corrected chi connectivity index (χ1v) is 7.80. The number of aromatic nitrogens is 2. The van der Waals surface area contributed by atoms with Gasteiger partial charge in [0.05, 0.1) is 12.9 Å². The van der Waals surface area contributed by atoms with Gasteiger partial charge in [0.1, 0.15) is 11.2 Å². The maximum absolute atomic E-state index is 12.3. The Hall–Kier alpha value is -0.950. The molecule has 0 amide bonds. The Bertz CT molecular complexity index is 456. The number of hydrogen-bond acceptors (Lipinski definition) is 7. The number of Topliss-reactive ketones (excluding diaryl/α,β-unsaturated/α-hetero) is 1. The van der Waals surface area contributed by atoms with E-state index in [2.05, 4.69) is 9.36 Å². The SMILES string of the molecule is CCC(CC)(C(=O)CSc1nc(C)ns1)C(=O)OC. The van der Waals surface area contributed by atoms with Crippen molar-refractivity contribution in [3.05, 3.63) is 5.82 Å². The standard InChI is InChI=1S/C12H18N2O3S2/c1-5-12(6-2,10(16)17-4)9(15)7-18-11-13-8(3)14-19-11/h5-7H2,1-4H3. The van der Waals surface area contributed by atoms with Crippen molar-refractivity contribution in [2.75, 3.05) is 12.9 Å². The van der Waals surface area contributed by atoms with E-state index in [-0.39, 0.29) is 11.5 Å². The molecular formula is C12H18N2O3S2. The van der Waals surface area contributed by atoms with Crippen molar-refractivity contribution >= 4 is 35.0 Å². The van der Waals surface area contributed by atoms with Crippen LogP contribution in [0.2, 0.25) is 0 Å². The fraction of sp³-hybridized carbons (Fsp3) is 0.667. The number of thioether (sulfide) groups is 1. The Kier molecular flexibility index (Phi) is 5.93. The van der Waals surface area contributed by atoms with E-state index in [1.807, 2.05) is 13.8 Å². The maximum atomic E-state index is 12.3. The molecule has 7 heteroatoms. The lowest BCUT2D eigenvalue weighted by atomic mass is 9.79. The molecule has 1 rings (SSSR count). The molecule has 1 heterocycles. The van der Waals surface area contributed by atoms with Crippen molar-refractivity contribution in [1.29, 1.82) is 0 Å². The third-order valence-corrected chi connectivity index (χ3v) is 5.08. The summed E-state index contributed by atoms with van der Waals surface area (Å²) in [6.07, 6.45) is 0.898. The summed E-state index contributed by atoms with van der Waals surface area (Å²) in [5.74, 6) is 0.356. The molecule has 1 aromatic rings. The second-order valence-electron chi connectivity index (χ2n) is 4.10. The van der Waals surface area contributed by atoms with E-state index >= 15 is 0 Å². The van der Waals surface area contributed by atoms with Crippen molar-refractivity contribution in [3.8, 4) is 0 Å². The van der Waals surface area contributed by atoms with Gasteiger partial charge < -0.3 is 4.74 Å². The fourth-order valence-corrected chi connectivity index (χ4v) is 3.50. The molecule has 0 radical (unpaired) electrons. The minimum atomic E-state index is -1.03. The van der Waals surface area contributed by atoms with Gasteiger partial charge in [-0.1, -0.05) is 25.6 Å². The van der Waals surface area contributed by atoms with Gasteiger partial charge in [-0.15, -0.1) is 0 Å². The van der Waals surface area contributed by atoms with Crippen LogP contribution in [0.25, 0.3) is 0 Å². The number of carbonyl (C=O) groups excluding carboxylic acids is 2. The predicted octanol–water partition coefficient (Wildman–Crippen LogP) is 2.49. The van der Waals surface area contributed by atoms with Gasteiger partial charge in [0.15, 0.2) is 10.1 Å². The van der Waals surface area contributed by atoms with Crippen LogP contribution in [-0.2, 0) is 14.3 Å². The molecule has 0 N–H and O–H groups in total. The van der Waals surface area contributed by atoms with E-state index in [9.17, 15) is 9.59 Å². The highest BCUT2D eigenvalue weighted by molar-refractivity contribution is 8.01. The molecule has 0 spiro atoms. The Balaban J connectivity index is 2.75. The van der Waals surface area contributed by atoms with Crippen LogP contribution in [0.3, 0.4) is 0 Å². The lowest BCUT2D eigenvalue weighted by Gasteiger charge is -2.26. The quantitative estimate of drug-likeness (QED) is 0.438. The number of ether oxygens (including phenoxy) is 1. The van der Waals surface area contributed by atoms with Crippen molar-refractivity contribution < 1.29 is 14.3 Å². The zero-order valence-corrected chi connectivity index (χ0v) is 13.2. The van der Waals surface area contributed by atoms with Crippen molar-refractivity contribution in [3.63, 3.8) is 0 Å². The van der Waals surface area contributed by atoms with Gasteiger partial charge in [0.25, 0.3) is 0 Å². The predicted molar refractivity (Wildman–Crippen MR) is 75.4 cm³/mol. The summed E-state index contributed by atoms with van der Waals surface area (Å²) in [5, 5.41) is 0. The van der Waals surface area contributed by atoms with Crippen LogP contribution in [0.5, 0.6) is 0 Å². The van der Waals surface area contributed by atoms with Gasteiger partial charge in [0.2, 0.25) is 0 Å². The van der Waals surface area contributed by atoms with Gasteiger partial charge in [-0.05, 0) is 31.3 Å². The highest BCUT2D eigenvalue weighted by atomic mass is 32.2. The summed E-state index contributed by atoms with van der Waals surface area (Å²) >= 11 is 2.59. The van der Waals surface area contributed by atoms with Crippen molar-refractivity contribution in [2.45, 2.75) is 38.0 Å². The Morgan fingerprint density at radius 3 is 2.42 bits per heavy atom. The van der Waals surface area contributed by atoms with Crippen LogP contribution in [0.15, 0.2) is 4.34 Å². The lowest BCUT2D eigenvalue weighted by Crippen LogP contribution is -2.40. The third kappa shape index (κ3) is 3.54. The van der Waals surface area contributed by atoms with E-state index in [1.54, 1.807) is 6.92 Å². The normalized spacial score (nSPS) is 11.4. The van der Waals surface area contributed by atoms with Gasteiger partial charge in [-0.25, -0.2) is 4.98 Å². The first kappa shape index (κ1) is 16.1. The van der Waals surface area contributed by atoms with Gasteiger partial charge >= 0.3 is 5.97 Å². The number of rotatable bonds is 7. The largest absolute Gasteiger partial charge is 0.468 e. The summed E-state index contributed by atoms with van der Waals surface area (Å²) in [4.78, 5) is 28.4. The molecule has 0 bridgehead atoms. The molecule has 5 nitrogen and oxygen atoms in total. The second-order valence-corrected chi connectivity index (χ2v) is 6.07. The number of nitrogens with zero attached hydrogens (tertiary/aromatic N) is 2. The maximum Gasteiger partial charge on any atom is 0.319 e. The first-order valence-electron chi connectivity index (χ1n) is 6.05. The van der Waals surface area contributed by atoms with Crippen molar-refractivity contribution in [1.82, 2.24) is 9.36 Å². The number of aryl methyl sites for hydroxylation is 1. The molecule has 0 aliphatic heterocycles. The Morgan fingerprint density at radius 1 is 1.37 bits per heavy atom. The van der Waals surface area contributed by atoms with Crippen LogP contribution < -0.4 is 0 Å². The number of methoxy groups -OCH3 is 1. The van der Waals surface area contributed by atoms with E-state index in [0.717, 1.165) is 4.34 Å². The minimum Gasteiger partial charge on any atom is -0.468 e. The number of carbonyl (C=O) groups is 2. The zero-order valence-electron chi connectivity index (χ0n) is 11.6. The number of ketones is 1. The molecule has 0 fully saturated rings. The average molecular weight is 302 g/mol. The van der Waals surface area contributed by atoms with E-state index in [0.29, 0.717) is 18.7 Å². The summed E-state index contributed by atoms with van der Waals surface area (Å²) in [6, 6.07) is 0. The summed E-state index contributed by atoms with van der Waals surface area (Å²) in [5.41, 5.74) is -1.03. The molecule has 0 atom stereocenters. The zero-order chi connectivity index (χ0) is 14.5. The molecular weight excluding hydrogens is 284 g/mol. The second kappa shape index (κ2) is 7.00. The molecule has 0 saturated heterocycles. The molecule has 0 aliphatic rings. The Labute approximate surface area is 121 Å². The average Bonchev–Trinajstić information content (AvgIpc) is 2.83. The van der Waals surface area contributed by atoms with Crippen LogP contribution in [0.1, 0.15) is 32.5 Å². The lowest BCUT2D eigenvalue weighted by molar-refractivity contribution is -0.157. The van der Waals surface area contributed by atoms with E-state index < -0.39 is 11.4 Å². The van der Waals surface area contributed by atoms with Crippen LogP contribution in [0, 0.1) is 12.3 Å². The van der Waals surface area contributed by atoms with Gasteiger partial charge in [-0.3, -0.25) is 9.59 Å². The molecule has 0 aliphatic carbocycles. The highest BCUT2D eigenvalue weighted by Crippen LogP contribution is 2.32.